The molecule has 0 bridgehead atoms. The van der Waals surface area contributed by atoms with Crippen LogP contribution in [0.3, 0.4) is 0 Å². The lowest BCUT2D eigenvalue weighted by atomic mass is 10.2. The number of isocyanates is 1. The number of halogens is 1. The number of aliphatic imine (C=N–C) groups is 1. The number of aromatic nitrogens is 2. The third-order valence-electron chi connectivity index (χ3n) is 1.28. The second-order valence-corrected chi connectivity index (χ2v) is 2.88. The van der Waals surface area contributed by atoms with Gasteiger partial charge in [-0.1, -0.05) is 0 Å². The molecule has 0 aliphatic rings. The van der Waals surface area contributed by atoms with Gasteiger partial charge in [0.1, 0.15) is 6.04 Å². The fraction of sp³-hybridized carbons (Fsp3) is 0.333. The Balaban J connectivity index is 2.92. The molecule has 11 heavy (non-hydrogen) atoms. The van der Waals surface area contributed by atoms with Crippen molar-refractivity contribution in [3.8, 4) is 0 Å². The number of carbonyl (C=O) groups excluding carboxylic acids is 1. The highest BCUT2D eigenvalue weighted by Crippen LogP contribution is 2.21. The van der Waals surface area contributed by atoms with Crippen LogP contribution in [0.25, 0.3) is 0 Å². The standard InChI is InChI=1S/C6H6BrN3O/c1-4(8-3-11)6-5(7)2-9-10-6/h2,4H,1H3,(H,9,10). The highest BCUT2D eigenvalue weighted by Gasteiger charge is 2.08. The molecule has 5 heteroatoms. The third kappa shape index (κ3) is 1.76. The Kier molecular flexibility index (Phi) is 2.57. The van der Waals surface area contributed by atoms with Crippen LogP contribution in [0.5, 0.6) is 0 Å². The van der Waals surface area contributed by atoms with Crippen LogP contribution in [-0.2, 0) is 4.79 Å². The normalized spacial score (nSPS) is 12.2. The van der Waals surface area contributed by atoms with Crippen molar-refractivity contribution in [2.24, 2.45) is 4.99 Å². The fourth-order valence-electron chi connectivity index (χ4n) is 0.718. The predicted molar refractivity (Wildman–Crippen MR) is 42.8 cm³/mol. The van der Waals surface area contributed by atoms with Gasteiger partial charge in [-0.05, 0) is 22.9 Å². The Morgan fingerprint density at radius 3 is 3.09 bits per heavy atom. The topological polar surface area (TPSA) is 58.1 Å². The van der Waals surface area contributed by atoms with E-state index in [1.54, 1.807) is 13.1 Å². The summed E-state index contributed by atoms with van der Waals surface area (Å²) in [5.74, 6) is 0. The zero-order chi connectivity index (χ0) is 8.27. The van der Waals surface area contributed by atoms with Gasteiger partial charge in [0.25, 0.3) is 0 Å². The van der Waals surface area contributed by atoms with E-state index in [0.717, 1.165) is 10.2 Å². The average Bonchev–Trinajstić information content (AvgIpc) is 2.36. The smallest absolute Gasteiger partial charge is 0.235 e. The van der Waals surface area contributed by atoms with Crippen LogP contribution < -0.4 is 0 Å². The molecule has 1 rings (SSSR count). The first-order valence-electron chi connectivity index (χ1n) is 3.01. The first kappa shape index (κ1) is 8.17. The quantitative estimate of drug-likeness (QED) is 0.602. The molecule has 0 aliphatic heterocycles. The summed E-state index contributed by atoms with van der Waals surface area (Å²) in [6.45, 7) is 1.78. The maximum absolute atomic E-state index is 9.88. The maximum Gasteiger partial charge on any atom is 0.235 e. The van der Waals surface area contributed by atoms with E-state index in [4.69, 9.17) is 0 Å². The van der Waals surface area contributed by atoms with Crippen molar-refractivity contribution >= 4 is 22.0 Å². The number of aromatic amines is 1. The molecule has 1 aromatic heterocycles. The molecule has 0 aliphatic carbocycles. The van der Waals surface area contributed by atoms with E-state index in [1.165, 1.54) is 6.08 Å². The van der Waals surface area contributed by atoms with Crippen molar-refractivity contribution in [1.29, 1.82) is 0 Å². The van der Waals surface area contributed by atoms with E-state index in [1.807, 2.05) is 0 Å². The first-order chi connectivity index (χ1) is 5.25. The van der Waals surface area contributed by atoms with Gasteiger partial charge in [0.05, 0.1) is 16.4 Å². The molecule has 1 atom stereocenters. The molecule has 4 nitrogen and oxygen atoms in total. The molecule has 0 radical (unpaired) electrons. The van der Waals surface area contributed by atoms with Crippen molar-refractivity contribution in [3.05, 3.63) is 16.4 Å². The van der Waals surface area contributed by atoms with Gasteiger partial charge < -0.3 is 0 Å². The minimum absolute atomic E-state index is 0.218. The Labute approximate surface area is 71.8 Å². The minimum Gasteiger partial charge on any atom is -0.279 e. The van der Waals surface area contributed by atoms with Crippen LogP contribution in [0.2, 0.25) is 0 Å². The highest BCUT2D eigenvalue weighted by molar-refractivity contribution is 9.10. The fourth-order valence-corrected chi connectivity index (χ4v) is 1.24. The Morgan fingerprint density at radius 2 is 2.64 bits per heavy atom. The SMILES string of the molecule is CC(N=C=O)c1[nH]ncc1Br. The van der Waals surface area contributed by atoms with Crippen LogP contribution in [0, 0.1) is 0 Å². The number of nitrogens with zero attached hydrogens (tertiary/aromatic N) is 2. The summed E-state index contributed by atoms with van der Waals surface area (Å²) in [6, 6.07) is -0.218. The summed E-state index contributed by atoms with van der Waals surface area (Å²) < 4.78 is 0.823. The van der Waals surface area contributed by atoms with Gasteiger partial charge in [-0.25, -0.2) is 4.79 Å². The zero-order valence-electron chi connectivity index (χ0n) is 5.84. The van der Waals surface area contributed by atoms with E-state index in [2.05, 4.69) is 31.1 Å². The molecule has 0 amide bonds. The van der Waals surface area contributed by atoms with Crippen molar-refractivity contribution in [3.63, 3.8) is 0 Å². The molecule has 58 valence electrons. The van der Waals surface area contributed by atoms with Crippen molar-refractivity contribution in [2.75, 3.05) is 0 Å². The van der Waals surface area contributed by atoms with Crippen LogP contribution >= 0.6 is 15.9 Å². The van der Waals surface area contributed by atoms with Crippen molar-refractivity contribution in [1.82, 2.24) is 10.2 Å². The van der Waals surface area contributed by atoms with Gasteiger partial charge in [-0.2, -0.15) is 10.1 Å². The van der Waals surface area contributed by atoms with E-state index >= 15 is 0 Å². The minimum atomic E-state index is -0.218. The largest absolute Gasteiger partial charge is 0.279 e. The summed E-state index contributed by atoms with van der Waals surface area (Å²) in [5.41, 5.74) is 0.786. The van der Waals surface area contributed by atoms with Crippen LogP contribution in [0.1, 0.15) is 18.7 Å². The van der Waals surface area contributed by atoms with Gasteiger partial charge in [0.15, 0.2) is 0 Å². The lowest BCUT2D eigenvalue weighted by Crippen LogP contribution is -1.90. The molecule has 0 spiro atoms. The predicted octanol–water partition coefficient (Wildman–Crippen LogP) is 1.57. The number of rotatable bonds is 2. The second kappa shape index (κ2) is 3.46. The summed E-state index contributed by atoms with van der Waals surface area (Å²) in [6.07, 6.45) is 3.11. The van der Waals surface area contributed by atoms with Gasteiger partial charge >= 0.3 is 0 Å². The van der Waals surface area contributed by atoms with Crippen molar-refractivity contribution in [2.45, 2.75) is 13.0 Å². The molecule has 0 aromatic carbocycles. The zero-order valence-corrected chi connectivity index (χ0v) is 7.42. The molecule has 1 N–H and O–H groups in total. The van der Waals surface area contributed by atoms with Gasteiger partial charge in [-0.3, -0.25) is 5.10 Å². The molecule has 1 heterocycles. The highest BCUT2D eigenvalue weighted by atomic mass is 79.9. The second-order valence-electron chi connectivity index (χ2n) is 2.03. The number of hydrogen-bond donors (Lipinski definition) is 1. The van der Waals surface area contributed by atoms with Crippen LogP contribution in [-0.4, -0.2) is 16.3 Å². The molecule has 1 unspecified atom stereocenters. The number of H-pyrrole nitrogens is 1. The molecular formula is C6H6BrN3O. The van der Waals surface area contributed by atoms with E-state index in [0.29, 0.717) is 0 Å². The maximum atomic E-state index is 9.88. The number of nitrogens with one attached hydrogen (secondary N) is 1. The molecule has 0 fully saturated rings. The summed E-state index contributed by atoms with van der Waals surface area (Å²) in [5, 5.41) is 6.48. The van der Waals surface area contributed by atoms with Gasteiger partial charge in [0, 0.05) is 0 Å². The van der Waals surface area contributed by atoms with E-state index in [-0.39, 0.29) is 6.04 Å². The summed E-state index contributed by atoms with van der Waals surface area (Å²) >= 11 is 3.25. The first-order valence-corrected chi connectivity index (χ1v) is 3.80. The van der Waals surface area contributed by atoms with Gasteiger partial charge in [-0.15, -0.1) is 0 Å². The van der Waals surface area contributed by atoms with E-state index in [9.17, 15) is 4.79 Å². The van der Waals surface area contributed by atoms with Crippen LogP contribution in [0.15, 0.2) is 15.7 Å². The lowest BCUT2D eigenvalue weighted by molar-refractivity contribution is 0.559. The van der Waals surface area contributed by atoms with E-state index < -0.39 is 0 Å². The molecule has 1 aromatic rings. The summed E-state index contributed by atoms with van der Waals surface area (Å²) in [4.78, 5) is 13.4. The monoisotopic (exact) mass is 215 g/mol. The molecular weight excluding hydrogens is 210 g/mol. The molecule has 0 saturated heterocycles. The summed E-state index contributed by atoms with van der Waals surface area (Å²) in [7, 11) is 0. The lowest BCUT2D eigenvalue weighted by Gasteiger charge is -1.98. The van der Waals surface area contributed by atoms with Crippen LogP contribution in [0.4, 0.5) is 0 Å². The Hall–Kier alpha value is -0.930. The third-order valence-corrected chi connectivity index (χ3v) is 1.92. The van der Waals surface area contributed by atoms with Gasteiger partial charge in [0.2, 0.25) is 6.08 Å². The van der Waals surface area contributed by atoms with Crippen molar-refractivity contribution < 1.29 is 4.79 Å². The average molecular weight is 216 g/mol. The number of hydrogen-bond acceptors (Lipinski definition) is 3. The molecule has 0 saturated carbocycles. The Morgan fingerprint density at radius 1 is 1.91 bits per heavy atom. The Bertz CT molecular complexity index is 290.